The third-order valence-electron chi connectivity index (χ3n) is 3.64. The molecule has 1 saturated heterocycles. The summed E-state index contributed by atoms with van der Waals surface area (Å²) < 4.78 is 4.98. The van der Waals surface area contributed by atoms with Gasteiger partial charge in [0.2, 0.25) is 0 Å². The molecular weight excluding hydrogens is 258 g/mol. The number of amides is 1. The van der Waals surface area contributed by atoms with E-state index in [1.54, 1.807) is 17.0 Å². The minimum atomic E-state index is -0.105. The maximum Gasteiger partial charge on any atom is 0.254 e. The standard InChI is InChI=1S/C14H21N3O3/c1-16-5-6-17(11(8-15)9-16)14(19)10-3-4-13(20-2)12(18)7-10/h3-4,7,11,18H,5-6,8-9,15H2,1-2H3. The number of rotatable bonds is 3. The van der Waals surface area contributed by atoms with E-state index in [1.807, 2.05) is 7.05 Å². The zero-order valence-electron chi connectivity index (χ0n) is 11.9. The molecule has 0 saturated carbocycles. The summed E-state index contributed by atoms with van der Waals surface area (Å²) in [4.78, 5) is 16.5. The molecule has 110 valence electrons. The second-order valence-corrected chi connectivity index (χ2v) is 5.04. The molecule has 0 aliphatic carbocycles. The predicted octanol–water partition coefficient (Wildman–Crippen LogP) is 0.116. The van der Waals surface area contributed by atoms with Crippen LogP contribution < -0.4 is 10.5 Å². The summed E-state index contributed by atoms with van der Waals surface area (Å²) >= 11 is 0. The molecular formula is C14H21N3O3. The summed E-state index contributed by atoms with van der Waals surface area (Å²) in [6, 6.07) is 4.70. The van der Waals surface area contributed by atoms with E-state index in [9.17, 15) is 9.90 Å². The lowest BCUT2D eigenvalue weighted by Gasteiger charge is -2.39. The fourth-order valence-electron chi connectivity index (χ4n) is 2.47. The summed E-state index contributed by atoms with van der Waals surface area (Å²) in [5.74, 6) is 0.221. The van der Waals surface area contributed by atoms with Crippen molar-refractivity contribution in [2.45, 2.75) is 6.04 Å². The van der Waals surface area contributed by atoms with Gasteiger partial charge in [-0.15, -0.1) is 0 Å². The van der Waals surface area contributed by atoms with E-state index < -0.39 is 0 Å². The van der Waals surface area contributed by atoms with E-state index in [2.05, 4.69) is 4.90 Å². The van der Waals surface area contributed by atoms with Gasteiger partial charge < -0.3 is 25.4 Å². The van der Waals surface area contributed by atoms with Gasteiger partial charge in [-0.2, -0.15) is 0 Å². The summed E-state index contributed by atoms with van der Waals surface area (Å²) in [5.41, 5.74) is 6.21. The molecule has 0 aromatic heterocycles. The SMILES string of the molecule is COc1ccc(C(=O)N2CCN(C)CC2CN)cc1O. The number of aromatic hydroxyl groups is 1. The van der Waals surface area contributed by atoms with Gasteiger partial charge in [-0.3, -0.25) is 4.79 Å². The molecule has 6 nitrogen and oxygen atoms in total. The monoisotopic (exact) mass is 279 g/mol. The van der Waals surface area contributed by atoms with E-state index in [0.717, 1.165) is 13.1 Å². The maximum atomic E-state index is 12.5. The molecule has 3 N–H and O–H groups in total. The minimum Gasteiger partial charge on any atom is -0.504 e. The summed E-state index contributed by atoms with van der Waals surface area (Å²) in [6.07, 6.45) is 0. The molecule has 1 amide bonds. The van der Waals surface area contributed by atoms with Crippen LogP contribution in [0.15, 0.2) is 18.2 Å². The van der Waals surface area contributed by atoms with Gasteiger partial charge in [0, 0.05) is 31.7 Å². The van der Waals surface area contributed by atoms with Crippen molar-refractivity contribution in [1.29, 1.82) is 0 Å². The predicted molar refractivity (Wildman–Crippen MR) is 76.0 cm³/mol. The third kappa shape index (κ3) is 2.86. The van der Waals surface area contributed by atoms with E-state index in [1.165, 1.54) is 13.2 Å². The van der Waals surface area contributed by atoms with Crippen molar-refractivity contribution in [3.8, 4) is 11.5 Å². The highest BCUT2D eigenvalue weighted by molar-refractivity contribution is 5.95. The minimum absolute atomic E-state index is 0.00509. The van der Waals surface area contributed by atoms with Crippen LogP contribution in [0.25, 0.3) is 0 Å². The number of phenolic OH excluding ortho intramolecular Hbond substituents is 1. The number of likely N-dealkylation sites (N-methyl/N-ethyl adjacent to an activating group) is 1. The number of carbonyl (C=O) groups excluding carboxylic acids is 1. The molecule has 2 rings (SSSR count). The van der Waals surface area contributed by atoms with Gasteiger partial charge in [-0.05, 0) is 25.2 Å². The Balaban J connectivity index is 2.19. The topological polar surface area (TPSA) is 79.0 Å². The van der Waals surface area contributed by atoms with E-state index in [0.29, 0.717) is 24.4 Å². The fourth-order valence-corrected chi connectivity index (χ4v) is 2.47. The van der Waals surface area contributed by atoms with Crippen molar-refractivity contribution < 1.29 is 14.6 Å². The number of phenols is 1. The molecule has 0 spiro atoms. The first-order valence-corrected chi connectivity index (χ1v) is 6.63. The lowest BCUT2D eigenvalue weighted by molar-refractivity contribution is 0.0515. The largest absolute Gasteiger partial charge is 0.504 e. The normalized spacial score (nSPS) is 19.9. The lowest BCUT2D eigenvalue weighted by atomic mass is 10.1. The molecule has 1 aliphatic rings. The quantitative estimate of drug-likeness (QED) is 0.821. The Bertz CT molecular complexity index is 493. The van der Waals surface area contributed by atoms with Crippen molar-refractivity contribution in [3.63, 3.8) is 0 Å². The number of ether oxygens (including phenoxy) is 1. The van der Waals surface area contributed by atoms with Crippen molar-refractivity contribution >= 4 is 5.91 Å². The number of methoxy groups -OCH3 is 1. The van der Waals surface area contributed by atoms with Crippen LogP contribution in [0.3, 0.4) is 0 Å². The van der Waals surface area contributed by atoms with Crippen molar-refractivity contribution in [1.82, 2.24) is 9.80 Å². The van der Waals surface area contributed by atoms with Gasteiger partial charge in [-0.25, -0.2) is 0 Å². The van der Waals surface area contributed by atoms with Crippen LogP contribution in [0.5, 0.6) is 11.5 Å². The van der Waals surface area contributed by atoms with Crippen LogP contribution >= 0.6 is 0 Å². The number of piperazine rings is 1. The Morgan fingerprint density at radius 2 is 2.25 bits per heavy atom. The van der Waals surface area contributed by atoms with Crippen LogP contribution in [-0.4, -0.2) is 67.2 Å². The van der Waals surface area contributed by atoms with E-state index in [-0.39, 0.29) is 17.7 Å². The number of benzene rings is 1. The van der Waals surface area contributed by atoms with Crippen molar-refractivity contribution in [2.75, 3.05) is 40.3 Å². The highest BCUT2D eigenvalue weighted by Crippen LogP contribution is 2.27. The van der Waals surface area contributed by atoms with Gasteiger partial charge in [0.15, 0.2) is 11.5 Å². The summed E-state index contributed by atoms with van der Waals surface area (Å²) in [7, 11) is 3.49. The molecule has 20 heavy (non-hydrogen) atoms. The summed E-state index contributed by atoms with van der Waals surface area (Å²) in [6.45, 7) is 2.66. The number of nitrogens with two attached hydrogens (primary N) is 1. The molecule has 1 heterocycles. The Morgan fingerprint density at radius 1 is 1.50 bits per heavy atom. The Morgan fingerprint density at radius 3 is 2.85 bits per heavy atom. The van der Waals surface area contributed by atoms with Crippen molar-refractivity contribution in [3.05, 3.63) is 23.8 Å². The first kappa shape index (κ1) is 14.6. The smallest absolute Gasteiger partial charge is 0.254 e. The zero-order chi connectivity index (χ0) is 14.7. The zero-order valence-corrected chi connectivity index (χ0v) is 11.9. The van der Waals surface area contributed by atoms with Gasteiger partial charge in [0.05, 0.1) is 13.2 Å². The Kier molecular flexibility index (Phi) is 4.46. The van der Waals surface area contributed by atoms with Gasteiger partial charge in [0.1, 0.15) is 0 Å². The molecule has 1 unspecified atom stereocenters. The molecule has 1 aromatic carbocycles. The number of hydrogen-bond donors (Lipinski definition) is 2. The number of nitrogens with zero attached hydrogens (tertiary/aromatic N) is 2. The molecule has 0 bridgehead atoms. The second-order valence-electron chi connectivity index (χ2n) is 5.04. The highest BCUT2D eigenvalue weighted by Gasteiger charge is 2.29. The average molecular weight is 279 g/mol. The van der Waals surface area contributed by atoms with Crippen LogP contribution in [0.2, 0.25) is 0 Å². The van der Waals surface area contributed by atoms with Crippen molar-refractivity contribution in [2.24, 2.45) is 5.73 Å². The van der Waals surface area contributed by atoms with Gasteiger partial charge in [-0.1, -0.05) is 0 Å². The molecule has 1 aliphatic heterocycles. The molecule has 1 aromatic rings. The molecule has 1 atom stereocenters. The molecule has 0 radical (unpaired) electrons. The first-order chi connectivity index (χ1) is 9.56. The third-order valence-corrected chi connectivity index (χ3v) is 3.64. The highest BCUT2D eigenvalue weighted by atomic mass is 16.5. The number of carbonyl (C=O) groups is 1. The van der Waals surface area contributed by atoms with Gasteiger partial charge in [0.25, 0.3) is 5.91 Å². The van der Waals surface area contributed by atoms with Crippen LogP contribution in [0.1, 0.15) is 10.4 Å². The Hall–Kier alpha value is -1.79. The van der Waals surface area contributed by atoms with E-state index >= 15 is 0 Å². The average Bonchev–Trinajstić information content (AvgIpc) is 2.46. The molecule has 6 heteroatoms. The lowest BCUT2D eigenvalue weighted by Crippen LogP contribution is -2.56. The van der Waals surface area contributed by atoms with Crippen LogP contribution in [0, 0.1) is 0 Å². The Labute approximate surface area is 118 Å². The van der Waals surface area contributed by atoms with E-state index in [4.69, 9.17) is 10.5 Å². The van der Waals surface area contributed by atoms with Crippen LogP contribution in [0.4, 0.5) is 0 Å². The second kappa shape index (κ2) is 6.11. The first-order valence-electron chi connectivity index (χ1n) is 6.63. The fraction of sp³-hybridized carbons (Fsp3) is 0.500. The molecule has 1 fully saturated rings. The van der Waals surface area contributed by atoms with Gasteiger partial charge >= 0.3 is 0 Å². The van der Waals surface area contributed by atoms with Crippen LogP contribution in [-0.2, 0) is 0 Å². The maximum absolute atomic E-state index is 12.5. The summed E-state index contributed by atoms with van der Waals surface area (Å²) in [5, 5.41) is 9.78. The number of hydrogen-bond acceptors (Lipinski definition) is 5.